The van der Waals surface area contributed by atoms with Crippen LogP contribution in [0.25, 0.3) is 0 Å². The van der Waals surface area contributed by atoms with Gasteiger partial charge < -0.3 is 20.3 Å². The Morgan fingerprint density at radius 3 is 0.899 bits per heavy atom. The highest BCUT2D eigenvalue weighted by atomic mass is 16.5. The molecule has 2 unspecified atom stereocenters. The van der Waals surface area contributed by atoms with E-state index < -0.39 is 12.1 Å². The molecule has 0 rings (SSSR count). The first-order chi connectivity index (χ1) is 39.0. The number of nitrogens with one attached hydrogen (secondary N) is 1. The molecule has 468 valence electrons. The van der Waals surface area contributed by atoms with Crippen molar-refractivity contribution in [3.05, 3.63) is 24.3 Å². The van der Waals surface area contributed by atoms with Gasteiger partial charge in [0.05, 0.1) is 25.4 Å². The fourth-order valence-electron chi connectivity index (χ4n) is 11.5. The van der Waals surface area contributed by atoms with Gasteiger partial charge in [-0.3, -0.25) is 9.59 Å². The van der Waals surface area contributed by atoms with E-state index in [4.69, 9.17) is 4.74 Å². The van der Waals surface area contributed by atoms with Crippen molar-refractivity contribution in [2.45, 2.75) is 418 Å². The van der Waals surface area contributed by atoms with Crippen LogP contribution in [0.4, 0.5) is 0 Å². The highest BCUT2D eigenvalue weighted by Gasteiger charge is 2.20. The number of esters is 1. The number of ether oxygens (including phenoxy) is 1. The summed E-state index contributed by atoms with van der Waals surface area (Å²) in [6, 6.07) is -0.548. The standard InChI is InChI=1S/C73H141NO5/c1-3-5-7-9-11-13-15-17-19-21-23-26-30-33-37-41-45-49-53-57-61-65-71(76)70(69-75)74-72(77)66-62-58-54-50-46-42-38-34-31-27-24-25-28-32-36-40-44-48-52-56-60-64-68-79-73(78)67-63-59-55-51-47-43-39-35-29-22-20-18-16-14-12-10-8-6-4-2/h18,20,27,31,70-71,75-76H,3-17,19,21-26,28-30,32-69H2,1-2H3,(H,74,77)/b20-18-,31-27-. The Morgan fingerprint density at radius 2 is 0.595 bits per heavy atom. The van der Waals surface area contributed by atoms with Gasteiger partial charge >= 0.3 is 5.97 Å². The predicted molar refractivity (Wildman–Crippen MR) is 347 cm³/mol. The molecule has 0 aromatic carbocycles. The van der Waals surface area contributed by atoms with Gasteiger partial charge in [0.25, 0.3) is 0 Å². The molecule has 79 heavy (non-hydrogen) atoms. The van der Waals surface area contributed by atoms with Gasteiger partial charge in [-0.25, -0.2) is 0 Å². The quantitative estimate of drug-likeness (QED) is 0.0320. The first-order valence-corrected chi connectivity index (χ1v) is 36.1. The van der Waals surface area contributed by atoms with E-state index in [1.165, 1.54) is 327 Å². The fourth-order valence-corrected chi connectivity index (χ4v) is 11.5. The van der Waals surface area contributed by atoms with Gasteiger partial charge in [-0.15, -0.1) is 0 Å². The minimum atomic E-state index is -0.670. The number of aliphatic hydroxyl groups excluding tert-OH is 2. The van der Waals surface area contributed by atoms with Crippen LogP contribution in [-0.2, 0) is 14.3 Å². The van der Waals surface area contributed by atoms with E-state index >= 15 is 0 Å². The fraction of sp³-hybridized carbons (Fsp3) is 0.918. The number of unbranched alkanes of at least 4 members (excludes halogenated alkanes) is 53. The summed E-state index contributed by atoms with van der Waals surface area (Å²) >= 11 is 0. The Kier molecular flexibility index (Phi) is 67.4. The first-order valence-electron chi connectivity index (χ1n) is 36.1. The minimum Gasteiger partial charge on any atom is -0.466 e. The lowest BCUT2D eigenvalue weighted by atomic mass is 10.0. The van der Waals surface area contributed by atoms with Crippen LogP contribution in [-0.4, -0.2) is 47.4 Å². The molecule has 0 saturated heterocycles. The molecule has 2 atom stereocenters. The van der Waals surface area contributed by atoms with Crippen molar-refractivity contribution in [2.24, 2.45) is 0 Å². The van der Waals surface area contributed by atoms with Crippen LogP contribution in [0.1, 0.15) is 406 Å². The molecule has 0 aromatic rings. The van der Waals surface area contributed by atoms with Gasteiger partial charge in [0, 0.05) is 12.8 Å². The number of allylic oxidation sites excluding steroid dienone is 4. The minimum absolute atomic E-state index is 0.0106. The van der Waals surface area contributed by atoms with Crippen LogP contribution >= 0.6 is 0 Å². The zero-order valence-corrected chi connectivity index (χ0v) is 53.6. The Balaban J connectivity index is 3.40. The topological polar surface area (TPSA) is 95.9 Å². The monoisotopic (exact) mass is 1110 g/mol. The Bertz CT molecular complexity index is 1230. The van der Waals surface area contributed by atoms with Crippen LogP contribution in [0.3, 0.4) is 0 Å². The lowest BCUT2D eigenvalue weighted by Gasteiger charge is -2.22. The van der Waals surface area contributed by atoms with Crippen molar-refractivity contribution in [1.29, 1.82) is 0 Å². The number of aliphatic hydroxyl groups is 2. The molecule has 0 spiro atoms. The maximum atomic E-state index is 12.5. The molecule has 0 aliphatic heterocycles. The van der Waals surface area contributed by atoms with Gasteiger partial charge in [0.15, 0.2) is 0 Å². The number of rotatable bonds is 68. The molecule has 6 heteroatoms. The molecule has 0 aliphatic rings. The molecule has 0 bridgehead atoms. The number of hydrogen-bond acceptors (Lipinski definition) is 5. The average molecular weight is 1110 g/mol. The summed E-state index contributed by atoms with van der Waals surface area (Å²) < 4.78 is 5.51. The maximum absolute atomic E-state index is 12.5. The summed E-state index contributed by atoms with van der Waals surface area (Å²) in [6.07, 6.45) is 86.5. The molecule has 0 aromatic heterocycles. The normalized spacial score (nSPS) is 12.6. The smallest absolute Gasteiger partial charge is 0.305 e. The zero-order valence-electron chi connectivity index (χ0n) is 53.6. The molecular formula is C73H141NO5. The van der Waals surface area contributed by atoms with E-state index in [0.29, 0.717) is 25.9 Å². The van der Waals surface area contributed by atoms with Crippen molar-refractivity contribution < 1.29 is 24.5 Å². The van der Waals surface area contributed by atoms with E-state index in [1.54, 1.807) is 0 Å². The van der Waals surface area contributed by atoms with Crippen LogP contribution < -0.4 is 5.32 Å². The summed E-state index contributed by atoms with van der Waals surface area (Å²) in [5.41, 5.74) is 0. The third-order valence-electron chi connectivity index (χ3n) is 17.0. The second-order valence-electron chi connectivity index (χ2n) is 24.9. The van der Waals surface area contributed by atoms with Crippen molar-refractivity contribution in [3.8, 4) is 0 Å². The summed E-state index contributed by atoms with van der Waals surface area (Å²) in [6.45, 7) is 4.98. The van der Waals surface area contributed by atoms with Crippen molar-refractivity contribution >= 4 is 11.9 Å². The Morgan fingerprint density at radius 1 is 0.342 bits per heavy atom. The summed E-state index contributed by atoms with van der Waals surface area (Å²) in [5, 5.41) is 23.4. The number of hydrogen-bond donors (Lipinski definition) is 3. The average Bonchev–Trinajstić information content (AvgIpc) is 3.45. The molecule has 6 nitrogen and oxygen atoms in total. The van der Waals surface area contributed by atoms with Gasteiger partial charge in [-0.2, -0.15) is 0 Å². The number of carbonyl (C=O) groups excluding carboxylic acids is 2. The summed E-state index contributed by atoms with van der Waals surface area (Å²) in [5.74, 6) is -0.0270. The molecule has 1 amide bonds. The molecular weight excluding hydrogens is 971 g/mol. The van der Waals surface area contributed by atoms with Crippen molar-refractivity contribution in [2.75, 3.05) is 13.2 Å². The van der Waals surface area contributed by atoms with Gasteiger partial charge in [-0.05, 0) is 77.0 Å². The third-order valence-corrected chi connectivity index (χ3v) is 17.0. The lowest BCUT2D eigenvalue weighted by molar-refractivity contribution is -0.143. The van der Waals surface area contributed by atoms with Crippen LogP contribution in [0.2, 0.25) is 0 Å². The second-order valence-corrected chi connectivity index (χ2v) is 24.9. The lowest BCUT2D eigenvalue weighted by Crippen LogP contribution is -2.45. The van der Waals surface area contributed by atoms with Gasteiger partial charge in [0.2, 0.25) is 5.91 Å². The molecule has 0 radical (unpaired) electrons. The van der Waals surface area contributed by atoms with Crippen molar-refractivity contribution in [1.82, 2.24) is 5.32 Å². The summed E-state index contributed by atoms with van der Waals surface area (Å²) in [4.78, 5) is 24.7. The van der Waals surface area contributed by atoms with Crippen LogP contribution in [0.5, 0.6) is 0 Å². The van der Waals surface area contributed by atoms with E-state index in [-0.39, 0.29) is 18.5 Å². The Labute approximate surface area is 494 Å². The number of carbonyl (C=O) groups is 2. The maximum Gasteiger partial charge on any atom is 0.305 e. The Hall–Kier alpha value is -1.66. The van der Waals surface area contributed by atoms with Crippen LogP contribution in [0, 0.1) is 0 Å². The third kappa shape index (κ3) is 65.4. The molecule has 3 N–H and O–H groups in total. The van der Waals surface area contributed by atoms with E-state index in [0.717, 1.165) is 44.9 Å². The highest BCUT2D eigenvalue weighted by molar-refractivity contribution is 5.76. The van der Waals surface area contributed by atoms with E-state index in [1.807, 2.05) is 0 Å². The van der Waals surface area contributed by atoms with Gasteiger partial charge in [-0.1, -0.05) is 340 Å². The van der Waals surface area contributed by atoms with E-state index in [2.05, 4.69) is 43.5 Å². The SMILES string of the molecule is CCCCCCCC/C=C\CCCCCCCCCCCC(=O)OCCCCCCCCCCCCC/C=C\CCCCCCCCCC(=O)NC(CO)C(O)CCCCCCCCCCCCCCCCCCCCCCC. The predicted octanol–water partition coefficient (Wildman–Crippen LogP) is 23.3. The first kappa shape index (κ1) is 77.3. The highest BCUT2D eigenvalue weighted by Crippen LogP contribution is 2.19. The second kappa shape index (κ2) is 68.8. The van der Waals surface area contributed by atoms with E-state index in [9.17, 15) is 19.8 Å². The summed E-state index contributed by atoms with van der Waals surface area (Å²) in [7, 11) is 0. The molecule has 0 fully saturated rings. The number of amides is 1. The zero-order chi connectivity index (χ0) is 57.1. The largest absolute Gasteiger partial charge is 0.466 e. The molecule has 0 saturated carbocycles. The molecule has 0 aliphatic carbocycles. The van der Waals surface area contributed by atoms with Crippen LogP contribution in [0.15, 0.2) is 24.3 Å². The molecule has 0 heterocycles. The van der Waals surface area contributed by atoms with Crippen molar-refractivity contribution in [3.63, 3.8) is 0 Å². The van der Waals surface area contributed by atoms with Gasteiger partial charge in [0.1, 0.15) is 0 Å².